The summed E-state index contributed by atoms with van der Waals surface area (Å²) in [4.78, 5) is 12.1. The SMILES string of the molecule is COc1ccc(NC(=O)Cc2ccccc2)cc1S(=O)(=O)N(C)C. The van der Waals surface area contributed by atoms with Gasteiger partial charge in [-0.1, -0.05) is 30.3 Å². The molecule has 0 spiro atoms. The minimum atomic E-state index is -3.68. The van der Waals surface area contributed by atoms with E-state index in [2.05, 4.69) is 5.32 Å². The molecule has 0 bridgehead atoms. The van der Waals surface area contributed by atoms with Crippen LogP contribution in [0, 0.1) is 0 Å². The van der Waals surface area contributed by atoms with E-state index in [1.165, 1.54) is 33.3 Å². The highest BCUT2D eigenvalue weighted by Crippen LogP contribution is 2.28. The number of hydrogen-bond donors (Lipinski definition) is 1. The third-order valence-corrected chi connectivity index (χ3v) is 5.25. The van der Waals surface area contributed by atoms with Crippen LogP contribution in [0.15, 0.2) is 53.4 Å². The molecular weight excluding hydrogens is 328 g/mol. The molecule has 0 heterocycles. The van der Waals surface area contributed by atoms with Crippen molar-refractivity contribution in [3.05, 3.63) is 54.1 Å². The maximum absolute atomic E-state index is 12.4. The molecule has 0 aliphatic carbocycles. The summed E-state index contributed by atoms with van der Waals surface area (Å²) in [5.41, 5.74) is 1.28. The lowest BCUT2D eigenvalue weighted by molar-refractivity contribution is -0.115. The number of hydrogen-bond acceptors (Lipinski definition) is 4. The van der Waals surface area contributed by atoms with Crippen LogP contribution in [0.25, 0.3) is 0 Å². The monoisotopic (exact) mass is 348 g/mol. The Morgan fingerprint density at radius 1 is 1.12 bits per heavy atom. The lowest BCUT2D eigenvalue weighted by atomic mass is 10.1. The Hall–Kier alpha value is -2.38. The first-order valence-electron chi connectivity index (χ1n) is 7.29. The fourth-order valence-corrected chi connectivity index (χ4v) is 3.21. The van der Waals surface area contributed by atoms with Crippen molar-refractivity contribution < 1.29 is 17.9 Å². The zero-order valence-corrected chi connectivity index (χ0v) is 14.6. The number of methoxy groups -OCH3 is 1. The van der Waals surface area contributed by atoms with Crippen molar-refractivity contribution in [3.8, 4) is 5.75 Å². The van der Waals surface area contributed by atoms with E-state index in [9.17, 15) is 13.2 Å². The topological polar surface area (TPSA) is 75.7 Å². The maximum Gasteiger partial charge on any atom is 0.246 e. The third-order valence-electron chi connectivity index (χ3n) is 3.41. The van der Waals surface area contributed by atoms with Crippen LogP contribution in [0.1, 0.15) is 5.56 Å². The fourth-order valence-electron chi connectivity index (χ4n) is 2.14. The lowest BCUT2D eigenvalue weighted by Crippen LogP contribution is -2.23. The molecular formula is C17H20N2O4S. The molecule has 0 aliphatic heterocycles. The first kappa shape index (κ1) is 18.0. The molecule has 0 saturated carbocycles. The predicted octanol–water partition coefficient (Wildman–Crippen LogP) is 2.13. The number of amides is 1. The van der Waals surface area contributed by atoms with Crippen LogP contribution < -0.4 is 10.1 Å². The number of carbonyl (C=O) groups is 1. The van der Waals surface area contributed by atoms with Crippen molar-refractivity contribution >= 4 is 21.6 Å². The zero-order valence-electron chi connectivity index (χ0n) is 13.8. The van der Waals surface area contributed by atoms with Crippen LogP contribution in [0.5, 0.6) is 5.75 Å². The van der Waals surface area contributed by atoms with Crippen molar-refractivity contribution in [2.24, 2.45) is 0 Å². The Morgan fingerprint density at radius 2 is 1.79 bits per heavy atom. The standard InChI is InChI=1S/C17H20N2O4S/c1-19(2)24(21,22)16-12-14(9-10-15(16)23-3)18-17(20)11-13-7-5-4-6-8-13/h4-10,12H,11H2,1-3H3,(H,18,20). The molecule has 1 amide bonds. The van der Waals surface area contributed by atoms with Gasteiger partial charge >= 0.3 is 0 Å². The molecule has 2 aromatic rings. The highest BCUT2D eigenvalue weighted by Gasteiger charge is 2.23. The normalized spacial score (nSPS) is 11.3. The van der Waals surface area contributed by atoms with Gasteiger partial charge in [0.1, 0.15) is 10.6 Å². The van der Waals surface area contributed by atoms with Gasteiger partial charge in [0.2, 0.25) is 15.9 Å². The van der Waals surface area contributed by atoms with E-state index in [-0.39, 0.29) is 23.0 Å². The minimum Gasteiger partial charge on any atom is -0.495 e. The van der Waals surface area contributed by atoms with E-state index in [4.69, 9.17) is 4.74 Å². The molecule has 2 aromatic carbocycles. The molecule has 0 unspecified atom stereocenters. The summed E-state index contributed by atoms with van der Waals surface area (Å²) >= 11 is 0. The molecule has 128 valence electrons. The van der Waals surface area contributed by atoms with Gasteiger partial charge in [0.25, 0.3) is 0 Å². The van der Waals surface area contributed by atoms with Gasteiger partial charge in [-0.3, -0.25) is 4.79 Å². The quantitative estimate of drug-likeness (QED) is 0.868. The average molecular weight is 348 g/mol. The summed E-state index contributed by atoms with van der Waals surface area (Å²) in [5.74, 6) is 0.00401. The molecule has 24 heavy (non-hydrogen) atoms. The second-order valence-electron chi connectivity index (χ2n) is 5.36. The van der Waals surface area contributed by atoms with Crippen molar-refractivity contribution in [2.75, 3.05) is 26.5 Å². The lowest BCUT2D eigenvalue weighted by Gasteiger charge is -2.16. The van der Waals surface area contributed by atoms with Gasteiger partial charge in [-0.15, -0.1) is 0 Å². The number of carbonyl (C=O) groups excluding carboxylic acids is 1. The number of nitrogens with zero attached hydrogens (tertiary/aromatic N) is 1. The maximum atomic E-state index is 12.4. The van der Waals surface area contributed by atoms with E-state index in [0.29, 0.717) is 5.69 Å². The van der Waals surface area contributed by atoms with E-state index in [1.807, 2.05) is 30.3 Å². The summed E-state index contributed by atoms with van der Waals surface area (Å²) in [5, 5.41) is 2.72. The molecule has 0 aromatic heterocycles. The third kappa shape index (κ3) is 4.12. The van der Waals surface area contributed by atoms with Crippen LogP contribution in [0.2, 0.25) is 0 Å². The Labute approximate surface area is 142 Å². The zero-order chi connectivity index (χ0) is 17.7. The van der Waals surface area contributed by atoms with Crippen LogP contribution in [-0.4, -0.2) is 39.8 Å². The summed E-state index contributed by atoms with van der Waals surface area (Å²) in [6, 6.07) is 13.8. The Bertz CT molecular complexity index is 818. The average Bonchev–Trinajstić information content (AvgIpc) is 2.55. The van der Waals surface area contributed by atoms with Gasteiger partial charge in [0.05, 0.1) is 13.5 Å². The molecule has 7 heteroatoms. The molecule has 1 N–H and O–H groups in total. The van der Waals surface area contributed by atoms with Crippen molar-refractivity contribution in [1.29, 1.82) is 0 Å². The van der Waals surface area contributed by atoms with Gasteiger partial charge in [-0.2, -0.15) is 0 Å². The van der Waals surface area contributed by atoms with Crippen LogP contribution in [-0.2, 0) is 21.2 Å². The number of nitrogens with one attached hydrogen (secondary N) is 1. The number of sulfonamides is 1. The highest BCUT2D eigenvalue weighted by molar-refractivity contribution is 7.89. The van der Waals surface area contributed by atoms with Crippen molar-refractivity contribution in [2.45, 2.75) is 11.3 Å². The number of rotatable bonds is 6. The largest absolute Gasteiger partial charge is 0.495 e. The second-order valence-corrected chi connectivity index (χ2v) is 7.48. The first-order valence-corrected chi connectivity index (χ1v) is 8.73. The van der Waals surface area contributed by atoms with Crippen LogP contribution in [0.3, 0.4) is 0 Å². The number of anilines is 1. The van der Waals surface area contributed by atoms with E-state index >= 15 is 0 Å². The van der Waals surface area contributed by atoms with E-state index < -0.39 is 10.0 Å². The van der Waals surface area contributed by atoms with Crippen molar-refractivity contribution in [1.82, 2.24) is 4.31 Å². The van der Waals surface area contributed by atoms with Gasteiger partial charge < -0.3 is 10.1 Å². The minimum absolute atomic E-state index is 0.00695. The number of benzene rings is 2. The van der Waals surface area contributed by atoms with E-state index in [0.717, 1.165) is 9.87 Å². The van der Waals surface area contributed by atoms with Gasteiger partial charge in [0.15, 0.2) is 0 Å². The summed E-state index contributed by atoms with van der Waals surface area (Å²) in [7, 11) is 0.600. The Balaban J connectivity index is 2.24. The molecule has 6 nitrogen and oxygen atoms in total. The summed E-state index contributed by atoms with van der Waals surface area (Å²) in [6.45, 7) is 0. The fraction of sp³-hybridized carbons (Fsp3) is 0.235. The Morgan fingerprint density at radius 3 is 2.38 bits per heavy atom. The van der Waals surface area contributed by atoms with Crippen LogP contribution in [0.4, 0.5) is 5.69 Å². The van der Waals surface area contributed by atoms with Gasteiger partial charge in [0, 0.05) is 19.8 Å². The molecule has 0 radical (unpaired) electrons. The molecule has 2 rings (SSSR count). The van der Waals surface area contributed by atoms with Crippen LogP contribution >= 0.6 is 0 Å². The summed E-state index contributed by atoms with van der Waals surface area (Å²) < 4.78 is 31.0. The Kier molecular flexibility index (Phi) is 5.58. The second kappa shape index (κ2) is 7.46. The van der Waals surface area contributed by atoms with Crippen molar-refractivity contribution in [3.63, 3.8) is 0 Å². The summed E-state index contributed by atoms with van der Waals surface area (Å²) in [6.07, 6.45) is 0.211. The van der Waals surface area contributed by atoms with Gasteiger partial charge in [-0.05, 0) is 23.8 Å². The highest BCUT2D eigenvalue weighted by atomic mass is 32.2. The molecule has 0 aliphatic rings. The predicted molar refractivity (Wildman–Crippen MR) is 92.6 cm³/mol. The molecule has 0 saturated heterocycles. The molecule has 0 fully saturated rings. The smallest absolute Gasteiger partial charge is 0.246 e. The van der Waals surface area contributed by atoms with Gasteiger partial charge in [-0.25, -0.2) is 12.7 Å². The van der Waals surface area contributed by atoms with E-state index in [1.54, 1.807) is 6.07 Å². The first-order chi connectivity index (χ1) is 11.3. The number of ether oxygens (including phenoxy) is 1. The molecule has 0 atom stereocenters.